The van der Waals surface area contributed by atoms with Gasteiger partial charge < -0.3 is 10.2 Å². The highest BCUT2D eigenvalue weighted by molar-refractivity contribution is 6.01. The van der Waals surface area contributed by atoms with Crippen LogP contribution in [0.15, 0.2) is 60.8 Å². The van der Waals surface area contributed by atoms with Crippen molar-refractivity contribution in [2.75, 3.05) is 13.1 Å². The summed E-state index contributed by atoms with van der Waals surface area (Å²) in [5.74, 6) is -0.402. The van der Waals surface area contributed by atoms with E-state index in [4.69, 9.17) is 5.10 Å². The molecule has 6 nitrogen and oxygen atoms in total. The first-order valence-electron chi connectivity index (χ1n) is 10.5. The molecule has 31 heavy (non-hydrogen) atoms. The molecule has 1 N–H and O–H groups in total. The Morgan fingerprint density at radius 2 is 1.77 bits per heavy atom. The van der Waals surface area contributed by atoms with Gasteiger partial charge in [0, 0.05) is 23.8 Å². The van der Waals surface area contributed by atoms with Crippen molar-refractivity contribution in [2.45, 2.75) is 40.2 Å². The summed E-state index contributed by atoms with van der Waals surface area (Å²) in [6.45, 7) is 10.1. The standard InChI is InChI=1S/C25H30N4O2/c1-6-28(17-22(30)26-25(3,4)5)24(31)21-16-29(20-13-8-7-9-14-20)27-23(21)19-12-10-11-18(2)15-19/h7-16H,6,17H2,1-5H3,(H,26,30). The number of carbonyl (C=O) groups is 2. The molecule has 0 saturated carbocycles. The first kappa shape index (κ1) is 22.3. The minimum Gasteiger partial charge on any atom is -0.350 e. The van der Waals surface area contributed by atoms with Gasteiger partial charge in [0.05, 0.1) is 17.8 Å². The number of carbonyl (C=O) groups excluding carboxylic acids is 2. The molecule has 1 aromatic heterocycles. The second kappa shape index (κ2) is 9.16. The minimum atomic E-state index is -0.357. The molecule has 162 valence electrons. The van der Waals surface area contributed by atoms with Crippen LogP contribution in [0.1, 0.15) is 43.6 Å². The van der Waals surface area contributed by atoms with Gasteiger partial charge in [-0.05, 0) is 52.8 Å². The van der Waals surface area contributed by atoms with E-state index < -0.39 is 0 Å². The van der Waals surface area contributed by atoms with Crippen molar-refractivity contribution in [1.82, 2.24) is 20.0 Å². The lowest BCUT2D eigenvalue weighted by molar-refractivity contribution is -0.123. The SMILES string of the molecule is CCN(CC(=O)NC(C)(C)C)C(=O)c1cn(-c2ccccc2)nc1-c1cccc(C)c1. The molecule has 0 unspecified atom stereocenters. The van der Waals surface area contributed by atoms with Crippen LogP contribution in [-0.2, 0) is 4.79 Å². The molecule has 0 aliphatic heterocycles. The van der Waals surface area contributed by atoms with Gasteiger partial charge in [0.2, 0.25) is 5.91 Å². The predicted molar refractivity (Wildman–Crippen MR) is 123 cm³/mol. The highest BCUT2D eigenvalue weighted by atomic mass is 16.2. The number of hydrogen-bond donors (Lipinski definition) is 1. The van der Waals surface area contributed by atoms with E-state index >= 15 is 0 Å². The molecule has 6 heteroatoms. The maximum absolute atomic E-state index is 13.5. The molecule has 0 atom stereocenters. The van der Waals surface area contributed by atoms with Crippen LogP contribution in [0.5, 0.6) is 0 Å². The lowest BCUT2D eigenvalue weighted by Gasteiger charge is -2.25. The minimum absolute atomic E-state index is 0.00359. The first-order chi connectivity index (χ1) is 14.7. The van der Waals surface area contributed by atoms with Crippen molar-refractivity contribution in [2.24, 2.45) is 0 Å². The monoisotopic (exact) mass is 418 g/mol. The van der Waals surface area contributed by atoms with Crippen LogP contribution in [-0.4, -0.2) is 45.1 Å². The number of aryl methyl sites for hydroxylation is 1. The molecule has 0 bridgehead atoms. The Morgan fingerprint density at radius 1 is 1.06 bits per heavy atom. The third-order valence-electron chi connectivity index (χ3n) is 4.77. The zero-order valence-corrected chi connectivity index (χ0v) is 18.8. The third-order valence-corrected chi connectivity index (χ3v) is 4.77. The van der Waals surface area contributed by atoms with Gasteiger partial charge in [-0.1, -0.05) is 42.0 Å². The van der Waals surface area contributed by atoms with Crippen molar-refractivity contribution in [3.63, 3.8) is 0 Å². The van der Waals surface area contributed by atoms with Crippen molar-refractivity contribution >= 4 is 11.8 Å². The Bertz CT molecular complexity index is 1060. The van der Waals surface area contributed by atoms with Gasteiger partial charge >= 0.3 is 0 Å². The van der Waals surface area contributed by atoms with Crippen molar-refractivity contribution in [1.29, 1.82) is 0 Å². The van der Waals surface area contributed by atoms with E-state index in [1.165, 1.54) is 0 Å². The summed E-state index contributed by atoms with van der Waals surface area (Å²) in [7, 11) is 0. The lowest BCUT2D eigenvalue weighted by Crippen LogP contribution is -2.47. The van der Waals surface area contributed by atoms with Crippen LogP contribution in [0, 0.1) is 6.92 Å². The third kappa shape index (κ3) is 5.60. The van der Waals surface area contributed by atoms with Gasteiger partial charge in [0.25, 0.3) is 5.91 Å². The largest absolute Gasteiger partial charge is 0.350 e. The number of nitrogens with zero attached hydrogens (tertiary/aromatic N) is 3. The second-order valence-electron chi connectivity index (χ2n) is 8.66. The second-order valence-corrected chi connectivity index (χ2v) is 8.66. The van der Waals surface area contributed by atoms with E-state index in [0.717, 1.165) is 16.8 Å². The van der Waals surface area contributed by atoms with E-state index in [2.05, 4.69) is 5.32 Å². The van der Waals surface area contributed by atoms with Crippen LogP contribution in [0.4, 0.5) is 0 Å². The molecule has 0 aliphatic rings. The van der Waals surface area contributed by atoms with E-state index in [0.29, 0.717) is 17.8 Å². The molecule has 0 aliphatic carbocycles. The highest BCUT2D eigenvalue weighted by Crippen LogP contribution is 2.26. The van der Waals surface area contributed by atoms with Gasteiger partial charge in [0.1, 0.15) is 5.69 Å². The molecule has 0 saturated heterocycles. The van der Waals surface area contributed by atoms with Crippen LogP contribution < -0.4 is 5.32 Å². The van der Waals surface area contributed by atoms with Crippen LogP contribution >= 0.6 is 0 Å². The summed E-state index contributed by atoms with van der Waals surface area (Å²) in [4.78, 5) is 27.5. The fraction of sp³-hybridized carbons (Fsp3) is 0.320. The Balaban J connectivity index is 2.00. The Kier molecular flexibility index (Phi) is 6.59. The van der Waals surface area contributed by atoms with E-state index in [-0.39, 0.29) is 23.9 Å². The summed E-state index contributed by atoms with van der Waals surface area (Å²) in [6.07, 6.45) is 1.75. The van der Waals surface area contributed by atoms with Crippen molar-refractivity contribution in [3.8, 4) is 16.9 Å². The van der Waals surface area contributed by atoms with Crippen LogP contribution in [0.2, 0.25) is 0 Å². The number of likely N-dealkylation sites (N-methyl/N-ethyl adjacent to an activating group) is 1. The quantitative estimate of drug-likeness (QED) is 0.652. The Hall–Kier alpha value is -3.41. The fourth-order valence-electron chi connectivity index (χ4n) is 3.38. The summed E-state index contributed by atoms with van der Waals surface area (Å²) < 4.78 is 1.72. The summed E-state index contributed by atoms with van der Waals surface area (Å²) in [5.41, 5.74) is 3.54. The molecular weight excluding hydrogens is 388 g/mol. The fourth-order valence-corrected chi connectivity index (χ4v) is 3.38. The first-order valence-corrected chi connectivity index (χ1v) is 10.5. The van der Waals surface area contributed by atoms with Crippen molar-refractivity contribution in [3.05, 3.63) is 71.9 Å². The molecule has 2 amide bonds. The van der Waals surface area contributed by atoms with Crippen LogP contribution in [0.3, 0.4) is 0 Å². The highest BCUT2D eigenvalue weighted by Gasteiger charge is 2.25. The van der Waals surface area contributed by atoms with Crippen molar-refractivity contribution < 1.29 is 9.59 Å². The van der Waals surface area contributed by atoms with E-state index in [1.54, 1.807) is 15.8 Å². The zero-order chi connectivity index (χ0) is 22.6. The molecule has 0 fully saturated rings. The molecule has 0 spiro atoms. The topological polar surface area (TPSA) is 67.2 Å². The summed E-state index contributed by atoms with van der Waals surface area (Å²) in [6, 6.07) is 17.6. The molecule has 1 heterocycles. The van der Waals surface area contributed by atoms with Gasteiger partial charge in [-0.3, -0.25) is 9.59 Å². The molecule has 3 rings (SSSR count). The predicted octanol–water partition coefficient (Wildman–Crippen LogP) is 4.22. The van der Waals surface area contributed by atoms with Gasteiger partial charge in [0.15, 0.2) is 0 Å². The number of hydrogen-bond acceptors (Lipinski definition) is 3. The zero-order valence-electron chi connectivity index (χ0n) is 18.8. The molecular formula is C25H30N4O2. The average molecular weight is 419 g/mol. The Labute approximate surface area is 183 Å². The number of nitrogens with one attached hydrogen (secondary N) is 1. The smallest absolute Gasteiger partial charge is 0.258 e. The van der Waals surface area contributed by atoms with Gasteiger partial charge in [-0.25, -0.2) is 4.68 Å². The van der Waals surface area contributed by atoms with Gasteiger partial charge in [-0.15, -0.1) is 0 Å². The average Bonchev–Trinajstić information content (AvgIpc) is 3.16. The maximum atomic E-state index is 13.5. The van der Waals surface area contributed by atoms with E-state index in [9.17, 15) is 9.59 Å². The van der Waals surface area contributed by atoms with Gasteiger partial charge in [-0.2, -0.15) is 5.10 Å². The summed E-state index contributed by atoms with van der Waals surface area (Å²) in [5, 5.41) is 7.66. The summed E-state index contributed by atoms with van der Waals surface area (Å²) >= 11 is 0. The normalized spacial score (nSPS) is 11.3. The van der Waals surface area contributed by atoms with Crippen LogP contribution in [0.25, 0.3) is 16.9 Å². The Morgan fingerprint density at radius 3 is 2.39 bits per heavy atom. The number of para-hydroxylation sites is 1. The maximum Gasteiger partial charge on any atom is 0.258 e. The van der Waals surface area contributed by atoms with E-state index in [1.807, 2.05) is 89.2 Å². The number of benzene rings is 2. The lowest BCUT2D eigenvalue weighted by atomic mass is 10.0. The molecule has 3 aromatic rings. The number of amides is 2. The number of rotatable bonds is 6. The molecule has 2 aromatic carbocycles. The molecule has 0 radical (unpaired) electrons. The number of aromatic nitrogens is 2.